The van der Waals surface area contributed by atoms with Gasteiger partial charge in [0.2, 0.25) is 5.91 Å². The van der Waals surface area contributed by atoms with Crippen LogP contribution in [0.25, 0.3) is 5.70 Å². The van der Waals surface area contributed by atoms with E-state index in [1.807, 2.05) is 30.3 Å². The maximum atomic E-state index is 11.9. The molecule has 4 nitrogen and oxygen atoms in total. The third kappa shape index (κ3) is 2.59. The van der Waals surface area contributed by atoms with E-state index in [1.54, 1.807) is 6.92 Å². The zero-order valence-corrected chi connectivity index (χ0v) is 10.2. The molecule has 0 spiro atoms. The van der Waals surface area contributed by atoms with Crippen molar-refractivity contribution in [2.75, 3.05) is 6.61 Å². The average Bonchev–Trinajstić information content (AvgIpc) is 2.40. The molecule has 0 saturated heterocycles. The molecule has 0 unspecified atom stereocenters. The Bertz CT molecular complexity index is 491. The summed E-state index contributed by atoms with van der Waals surface area (Å²) in [6.07, 6.45) is 0.749. The molecule has 4 heteroatoms. The summed E-state index contributed by atoms with van der Waals surface area (Å²) < 4.78 is 5.02. The van der Waals surface area contributed by atoms with Crippen molar-refractivity contribution in [1.29, 1.82) is 0 Å². The van der Waals surface area contributed by atoms with Gasteiger partial charge >= 0.3 is 5.97 Å². The van der Waals surface area contributed by atoms with Crippen LogP contribution in [0.1, 0.15) is 25.3 Å². The molecular formula is C14H15NO3. The zero-order valence-electron chi connectivity index (χ0n) is 10.2. The summed E-state index contributed by atoms with van der Waals surface area (Å²) in [4.78, 5) is 23.3. The molecule has 1 aromatic carbocycles. The average molecular weight is 245 g/mol. The second-order valence-electron chi connectivity index (χ2n) is 3.99. The second kappa shape index (κ2) is 5.49. The predicted octanol–water partition coefficient (Wildman–Crippen LogP) is 1.87. The number of carbonyl (C=O) groups is 2. The van der Waals surface area contributed by atoms with Crippen LogP contribution in [0, 0.1) is 0 Å². The Labute approximate surface area is 106 Å². The lowest BCUT2D eigenvalue weighted by Crippen LogP contribution is -2.29. The van der Waals surface area contributed by atoms with Crippen LogP contribution in [0.2, 0.25) is 0 Å². The van der Waals surface area contributed by atoms with E-state index in [-0.39, 0.29) is 11.9 Å². The molecule has 0 fully saturated rings. The largest absolute Gasteiger partial charge is 0.463 e. The Hall–Kier alpha value is -2.10. The highest BCUT2D eigenvalue weighted by molar-refractivity contribution is 6.03. The minimum atomic E-state index is -0.351. The molecule has 94 valence electrons. The summed E-state index contributed by atoms with van der Waals surface area (Å²) in [7, 11) is 0. The highest BCUT2D eigenvalue weighted by Gasteiger charge is 2.24. The topological polar surface area (TPSA) is 55.4 Å². The van der Waals surface area contributed by atoms with E-state index in [9.17, 15) is 9.59 Å². The van der Waals surface area contributed by atoms with Gasteiger partial charge in [-0.05, 0) is 18.9 Å². The summed E-state index contributed by atoms with van der Waals surface area (Å²) in [5.74, 6) is -0.418. The number of amides is 1. The van der Waals surface area contributed by atoms with E-state index in [0.29, 0.717) is 30.7 Å². The Morgan fingerprint density at radius 2 is 2.00 bits per heavy atom. The summed E-state index contributed by atoms with van der Waals surface area (Å²) in [5.41, 5.74) is 1.95. The first-order valence-electron chi connectivity index (χ1n) is 5.98. The van der Waals surface area contributed by atoms with Gasteiger partial charge in [0.25, 0.3) is 0 Å². The Balaban J connectivity index is 2.40. The van der Waals surface area contributed by atoms with Gasteiger partial charge in [-0.2, -0.15) is 0 Å². The SMILES string of the molecule is CCOC(=O)C1=C(c2ccccc2)NC(=O)CC1. The lowest BCUT2D eigenvalue weighted by Gasteiger charge is -2.20. The smallest absolute Gasteiger partial charge is 0.336 e. The van der Waals surface area contributed by atoms with Crippen molar-refractivity contribution in [1.82, 2.24) is 5.32 Å². The Kier molecular flexibility index (Phi) is 3.77. The molecule has 1 heterocycles. The van der Waals surface area contributed by atoms with Crippen LogP contribution in [0.4, 0.5) is 0 Å². The molecule has 0 bridgehead atoms. The minimum Gasteiger partial charge on any atom is -0.463 e. The van der Waals surface area contributed by atoms with Crippen molar-refractivity contribution in [2.45, 2.75) is 19.8 Å². The lowest BCUT2D eigenvalue weighted by atomic mass is 9.98. The van der Waals surface area contributed by atoms with Crippen LogP contribution >= 0.6 is 0 Å². The van der Waals surface area contributed by atoms with Crippen LogP contribution in [0.3, 0.4) is 0 Å². The maximum absolute atomic E-state index is 11.9. The first kappa shape index (κ1) is 12.4. The van der Waals surface area contributed by atoms with Gasteiger partial charge in [0.1, 0.15) is 0 Å². The fourth-order valence-electron chi connectivity index (χ4n) is 1.91. The fourth-order valence-corrected chi connectivity index (χ4v) is 1.91. The van der Waals surface area contributed by atoms with Crippen LogP contribution in [-0.4, -0.2) is 18.5 Å². The van der Waals surface area contributed by atoms with Gasteiger partial charge in [-0.15, -0.1) is 0 Å². The van der Waals surface area contributed by atoms with Crippen LogP contribution in [0.5, 0.6) is 0 Å². The van der Waals surface area contributed by atoms with Crippen molar-refractivity contribution >= 4 is 17.6 Å². The molecule has 1 aromatic rings. The van der Waals surface area contributed by atoms with E-state index < -0.39 is 0 Å². The molecule has 0 aromatic heterocycles. The molecule has 1 amide bonds. The Morgan fingerprint density at radius 3 is 2.67 bits per heavy atom. The van der Waals surface area contributed by atoms with E-state index >= 15 is 0 Å². The lowest BCUT2D eigenvalue weighted by molar-refractivity contribution is -0.138. The second-order valence-corrected chi connectivity index (χ2v) is 3.99. The number of hydrogen-bond acceptors (Lipinski definition) is 3. The molecule has 1 aliphatic heterocycles. The first-order valence-corrected chi connectivity index (χ1v) is 5.98. The molecule has 0 saturated carbocycles. The van der Waals surface area contributed by atoms with Crippen molar-refractivity contribution in [3.05, 3.63) is 41.5 Å². The van der Waals surface area contributed by atoms with Crippen LogP contribution < -0.4 is 5.32 Å². The van der Waals surface area contributed by atoms with Crippen molar-refractivity contribution in [3.63, 3.8) is 0 Å². The summed E-state index contributed by atoms with van der Waals surface area (Å²) in [6.45, 7) is 2.10. The van der Waals surface area contributed by atoms with Gasteiger partial charge in [-0.3, -0.25) is 4.79 Å². The zero-order chi connectivity index (χ0) is 13.0. The molecular weight excluding hydrogens is 230 g/mol. The maximum Gasteiger partial charge on any atom is 0.336 e. The van der Waals surface area contributed by atoms with Gasteiger partial charge in [0, 0.05) is 6.42 Å². The predicted molar refractivity (Wildman–Crippen MR) is 67.4 cm³/mol. The van der Waals surface area contributed by atoms with Crippen molar-refractivity contribution in [3.8, 4) is 0 Å². The monoisotopic (exact) mass is 245 g/mol. The molecule has 2 rings (SSSR count). The number of carbonyl (C=O) groups excluding carboxylic acids is 2. The van der Waals surface area contributed by atoms with E-state index in [0.717, 1.165) is 5.56 Å². The summed E-state index contributed by atoms with van der Waals surface area (Å²) in [5, 5.41) is 2.76. The van der Waals surface area contributed by atoms with E-state index in [4.69, 9.17) is 4.74 Å². The molecule has 0 radical (unpaired) electrons. The van der Waals surface area contributed by atoms with E-state index in [2.05, 4.69) is 5.32 Å². The van der Waals surface area contributed by atoms with Crippen LogP contribution in [-0.2, 0) is 14.3 Å². The van der Waals surface area contributed by atoms with Gasteiger partial charge < -0.3 is 10.1 Å². The minimum absolute atomic E-state index is 0.0677. The standard InChI is InChI=1S/C14H15NO3/c1-2-18-14(17)11-8-9-12(16)15-13(11)10-6-4-3-5-7-10/h3-7H,2,8-9H2,1H3,(H,15,16). The quantitative estimate of drug-likeness (QED) is 0.827. The van der Waals surface area contributed by atoms with Gasteiger partial charge in [0.05, 0.1) is 17.9 Å². The number of esters is 1. The number of rotatable bonds is 3. The number of nitrogens with one attached hydrogen (secondary N) is 1. The molecule has 18 heavy (non-hydrogen) atoms. The molecule has 1 aliphatic rings. The van der Waals surface area contributed by atoms with Crippen LogP contribution in [0.15, 0.2) is 35.9 Å². The number of benzene rings is 1. The molecule has 0 aliphatic carbocycles. The summed E-state index contributed by atoms with van der Waals surface area (Å²) >= 11 is 0. The molecule has 1 N–H and O–H groups in total. The van der Waals surface area contributed by atoms with Gasteiger partial charge in [-0.1, -0.05) is 30.3 Å². The highest BCUT2D eigenvalue weighted by Crippen LogP contribution is 2.24. The third-order valence-corrected chi connectivity index (χ3v) is 2.75. The normalized spacial score (nSPS) is 15.3. The van der Waals surface area contributed by atoms with Crippen molar-refractivity contribution < 1.29 is 14.3 Å². The fraction of sp³-hybridized carbons (Fsp3) is 0.286. The summed E-state index contributed by atoms with van der Waals surface area (Å²) in [6, 6.07) is 9.34. The Morgan fingerprint density at radius 1 is 1.28 bits per heavy atom. The van der Waals surface area contributed by atoms with Gasteiger partial charge in [0.15, 0.2) is 0 Å². The third-order valence-electron chi connectivity index (χ3n) is 2.75. The van der Waals surface area contributed by atoms with E-state index in [1.165, 1.54) is 0 Å². The highest BCUT2D eigenvalue weighted by atomic mass is 16.5. The van der Waals surface area contributed by atoms with Crippen molar-refractivity contribution in [2.24, 2.45) is 0 Å². The first-order chi connectivity index (χ1) is 8.72. The number of hydrogen-bond donors (Lipinski definition) is 1. The number of ether oxygens (including phenoxy) is 1. The van der Waals surface area contributed by atoms with Gasteiger partial charge in [-0.25, -0.2) is 4.79 Å². The molecule has 0 atom stereocenters.